The van der Waals surface area contributed by atoms with Gasteiger partial charge in [0.1, 0.15) is 5.75 Å². The lowest BCUT2D eigenvalue weighted by atomic mass is 9.93. The minimum Gasteiger partial charge on any atom is -0.470 e. The zero-order valence-corrected chi connectivity index (χ0v) is 16.6. The highest BCUT2D eigenvalue weighted by Gasteiger charge is 2.51. The van der Waals surface area contributed by atoms with Crippen LogP contribution in [0.2, 0.25) is 10.0 Å². The zero-order chi connectivity index (χ0) is 18.6. The standard InChI is InChI=1S/C21H21Cl2N3O/c1-25-10-8-21(9-11-25)26-19(17-12-16(23)6-7-20(17)27-21)13-18(24-26)14-2-4-15(22)5-3-14/h2-7,12-13,19,24H,8-11H2,1H3. The van der Waals surface area contributed by atoms with E-state index < -0.39 is 0 Å². The van der Waals surface area contributed by atoms with Crippen LogP contribution in [0.1, 0.15) is 30.0 Å². The van der Waals surface area contributed by atoms with Crippen LogP contribution in [0.15, 0.2) is 48.5 Å². The summed E-state index contributed by atoms with van der Waals surface area (Å²) in [5, 5.41) is 3.75. The largest absolute Gasteiger partial charge is 0.470 e. The summed E-state index contributed by atoms with van der Waals surface area (Å²) in [4.78, 5) is 2.35. The fraction of sp³-hybridized carbons (Fsp3) is 0.333. The lowest BCUT2D eigenvalue weighted by Gasteiger charge is -2.51. The van der Waals surface area contributed by atoms with Gasteiger partial charge in [-0.1, -0.05) is 35.3 Å². The third kappa shape index (κ3) is 2.92. The predicted octanol–water partition coefficient (Wildman–Crippen LogP) is 4.71. The molecule has 1 fully saturated rings. The Bertz CT molecular complexity index is 904. The predicted molar refractivity (Wildman–Crippen MR) is 109 cm³/mol. The molecule has 0 amide bonds. The molecule has 3 heterocycles. The first kappa shape index (κ1) is 17.4. The van der Waals surface area contributed by atoms with Crippen molar-refractivity contribution in [2.75, 3.05) is 20.1 Å². The van der Waals surface area contributed by atoms with Crippen molar-refractivity contribution in [3.05, 3.63) is 69.7 Å². The Balaban J connectivity index is 1.58. The van der Waals surface area contributed by atoms with E-state index in [0.29, 0.717) is 0 Å². The van der Waals surface area contributed by atoms with Crippen LogP contribution >= 0.6 is 23.2 Å². The number of piperidine rings is 1. The average molecular weight is 402 g/mol. The maximum Gasteiger partial charge on any atom is 0.182 e. The fourth-order valence-electron chi connectivity index (χ4n) is 4.25. The van der Waals surface area contributed by atoms with Crippen molar-refractivity contribution in [3.63, 3.8) is 0 Å². The minimum absolute atomic E-state index is 0.0848. The van der Waals surface area contributed by atoms with Gasteiger partial charge in [-0.25, -0.2) is 0 Å². The van der Waals surface area contributed by atoms with Crippen molar-refractivity contribution < 1.29 is 4.74 Å². The van der Waals surface area contributed by atoms with E-state index in [9.17, 15) is 0 Å². The molecule has 1 saturated heterocycles. The maximum absolute atomic E-state index is 6.60. The first-order valence-corrected chi connectivity index (χ1v) is 10.0. The molecule has 4 nitrogen and oxygen atoms in total. The van der Waals surface area contributed by atoms with Gasteiger partial charge in [-0.15, -0.1) is 0 Å². The smallest absolute Gasteiger partial charge is 0.182 e. The normalized spacial score (nSPS) is 24.0. The molecular weight excluding hydrogens is 381 g/mol. The highest BCUT2D eigenvalue weighted by molar-refractivity contribution is 6.31. The van der Waals surface area contributed by atoms with Crippen LogP contribution in [0.3, 0.4) is 0 Å². The molecule has 2 aromatic carbocycles. The molecule has 140 valence electrons. The van der Waals surface area contributed by atoms with Crippen LogP contribution in [-0.4, -0.2) is 35.8 Å². The second-order valence-electron chi connectivity index (χ2n) is 7.55. The second kappa shape index (κ2) is 6.42. The van der Waals surface area contributed by atoms with E-state index in [2.05, 4.69) is 28.5 Å². The fourth-order valence-corrected chi connectivity index (χ4v) is 4.56. The molecule has 3 aliphatic heterocycles. The summed E-state index contributed by atoms with van der Waals surface area (Å²) in [5.74, 6) is 0.931. The van der Waals surface area contributed by atoms with Gasteiger partial charge in [-0.3, -0.25) is 0 Å². The molecule has 5 rings (SSSR count). The van der Waals surface area contributed by atoms with Gasteiger partial charge in [0.05, 0.1) is 11.7 Å². The SMILES string of the molecule is CN1CCC2(CC1)Oc1ccc(Cl)cc1C1C=C(c3ccc(Cl)cc3)NN12. The van der Waals surface area contributed by atoms with Gasteiger partial charge < -0.3 is 15.1 Å². The molecule has 1 N–H and O–H groups in total. The van der Waals surface area contributed by atoms with Crippen LogP contribution in [0.5, 0.6) is 5.75 Å². The molecule has 1 atom stereocenters. The number of likely N-dealkylation sites (tertiary alicyclic amines) is 1. The van der Waals surface area contributed by atoms with Gasteiger partial charge in [-0.2, -0.15) is 5.01 Å². The monoisotopic (exact) mass is 401 g/mol. The van der Waals surface area contributed by atoms with Gasteiger partial charge in [0.2, 0.25) is 0 Å². The lowest BCUT2D eigenvalue weighted by molar-refractivity contribution is -0.157. The van der Waals surface area contributed by atoms with Crippen LogP contribution in [-0.2, 0) is 0 Å². The van der Waals surface area contributed by atoms with E-state index >= 15 is 0 Å². The van der Waals surface area contributed by atoms with E-state index in [0.717, 1.165) is 58.5 Å². The molecule has 0 radical (unpaired) electrons. The van der Waals surface area contributed by atoms with Gasteiger partial charge in [0, 0.05) is 41.5 Å². The molecule has 0 aliphatic carbocycles. The molecular formula is C21H21Cl2N3O. The summed E-state index contributed by atoms with van der Waals surface area (Å²) in [5.41, 5.74) is 6.56. The number of nitrogens with zero attached hydrogens (tertiary/aromatic N) is 2. The number of nitrogens with one attached hydrogen (secondary N) is 1. The quantitative estimate of drug-likeness (QED) is 0.748. The van der Waals surface area contributed by atoms with Crippen molar-refractivity contribution in [3.8, 4) is 5.75 Å². The van der Waals surface area contributed by atoms with Crippen molar-refractivity contribution >= 4 is 28.9 Å². The summed E-state index contributed by atoms with van der Waals surface area (Å²) in [7, 11) is 2.16. The van der Waals surface area contributed by atoms with E-state index in [-0.39, 0.29) is 11.8 Å². The van der Waals surface area contributed by atoms with Gasteiger partial charge >= 0.3 is 0 Å². The number of hydrogen-bond acceptors (Lipinski definition) is 4. The number of benzene rings is 2. The molecule has 27 heavy (non-hydrogen) atoms. The number of fused-ring (bicyclic) bond motifs is 4. The third-order valence-corrected chi connectivity index (χ3v) is 6.28. The average Bonchev–Trinajstić information content (AvgIpc) is 3.12. The number of ether oxygens (including phenoxy) is 1. The van der Waals surface area contributed by atoms with Crippen LogP contribution in [0, 0.1) is 0 Å². The van der Waals surface area contributed by atoms with Crippen molar-refractivity contribution in [1.29, 1.82) is 0 Å². The molecule has 1 unspecified atom stereocenters. The Morgan fingerprint density at radius 1 is 1.04 bits per heavy atom. The Morgan fingerprint density at radius 3 is 2.48 bits per heavy atom. The Hall–Kier alpha value is -1.72. The topological polar surface area (TPSA) is 27.7 Å². The minimum atomic E-state index is -0.358. The highest BCUT2D eigenvalue weighted by Crippen LogP contribution is 2.49. The summed E-state index contributed by atoms with van der Waals surface area (Å²) in [6.45, 7) is 2.01. The molecule has 3 aliphatic rings. The Kier molecular flexibility index (Phi) is 4.13. The molecule has 0 saturated carbocycles. The third-order valence-electron chi connectivity index (χ3n) is 5.80. The molecule has 1 spiro atoms. The second-order valence-corrected chi connectivity index (χ2v) is 8.42. The summed E-state index contributed by atoms with van der Waals surface area (Å²) in [6.07, 6.45) is 4.15. The van der Waals surface area contributed by atoms with Crippen molar-refractivity contribution in [2.24, 2.45) is 0 Å². The van der Waals surface area contributed by atoms with Crippen LogP contribution < -0.4 is 10.2 Å². The van der Waals surface area contributed by atoms with E-state index in [1.54, 1.807) is 0 Å². The van der Waals surface area contributed by atoms with E-state index in [4.69, 9.17) is 27.9 Å². The molecule has 2 aromatic rings. The first-order chi connectivity index (χ1) is 13.0. The first-order valence-electron chi connectivity index (χ1n) is 9.25. The molecule has 0 aromatic heterocycles. The van der Waals surface area contributed by atoms with Gasteiger partial charge in [-0.05, 0) is 49.0 Å². The summed E-state index contributed by atoms with van der Waals surface area (Å²) in [6, 6.07) is 13.9. The number of hydrazine groups is 1. The zero-order valence-electron chi connectivity index (χ0n) is 15.1. The highest BCUT2D eigenvalue weighted by atomic mass is 35.5. The van der Waals surface area contributed by atoms with Crippen LogP contribution in [0.25, 0.3) is 5.70 Å². The number of halogens is 2. The van der Waals surface area contributed by atoms with Gasteiger partial charge in [0.25, 0.3) is 0 Å². The van der Waals surface area contributed by atoms with E-state index in [1.165, 1.54) is 0 Å². The Morgan fingerprint density at radius 2 is 1.74 bits per heavy atom. The van der Waals surface area contributed by atoms with Gasteiger partial charge in [0.15, 0.2) is 5.72 Å². The lowest BCUT2D eigenvalue weighted by Crippen LogP contribution is -2.63. The Labute approximate surface area is 169 Å². The number of hydrogen-bond donors (Lipinski definition) is 1. The molecule has 6 heteroatoms. The van der Waals surface area contributed by atoms with Crippen LogP contribution in [0.4, 0.5) is 0 Å². The number of rotatable bonds is 1. The van der Waals surface area contributed by atoms with Crippen molar-refractivity contribution in [1.82, 2.24) is 15.3 Å². The summed E-state index contributed by atoms with van der Waals surface area (Å²) >= 11 is 12.4. The van der Waals surface area contributed by atoms with Crippen molar-refractivity contribution in [2.45, 2.75) is 24.6 Å². The maximum atomic E-state index is 6.60. The summed E-state index contributed by atoms with van der Waals surface area (Å²) < 4.78 is 6.60. The van der Waals surface area contributed by atoms with E-state index in [1.807, 2.05) is 42.5 Å². The molecule has 0 bridgehead atoms.